The zero-order chi connectivity index (χ0) is 12.7. The van der Waals surface area contributed by atoms with Crippen molar-refractivity contribution in [3.8, 4) is 0 Å². The van der Waals surface area contributed by atoms with E-state index in [9.17, 15) is 0 Å². The monoisotopic (exact) mass is 239 g/mol. The number of aryl methyl sites for hydroxylation is 2. The summed E-state index contributed by atoms with van der Waals surface area (Å²) < 4.78 is 7.74. The summed E-state index contributed by atoms with van der Waals surface area (Å²) in [6.07, 6.45) is 7.97. The Morgan fingerprint density at radius 3 is 2.71 bits per heavy atom. The fourth-order valence-electron chi connectivity index (χ4n) is 2.04. The Morgan fingerprint density at radius 1 is 1.41 bits per heavy atom. The highest BCUT2D eigenvalue weighted by Gasteiger charge is 2.17. The van der Waals surface area contributed by atoms with Crippen LogP contribution in [0.1, 0.15) is 38.9 Å². The third-order valence-electron chi connectivity index (χ3n) is 3.05. The first-order valence-electron chi connectivity index (χ1n) is 6.52. The molecule has 0 amide bonds. The van der Waals surface area contributed by atoms with Gasteiger partial charge in [-0.2, -0.15) is 0 Å². The molecule has 0 bridgehead atoms. The number of hydrogen-bond donors (Lipinski definition) is 1. The molecule has 0 aliphatic carbocycles. The second-order valence-electron chi connectivity index (χ2n) is 4.44. The van der Waals surface area contributed by atoms with Gasteiger partial charge in [0.1, 0.15) is 5.82 Å². The largest absolute Gasteiger partial charge is 0.377 e. The lowest BCUT2D eigenvalue weighted by Crippen LogP contribution is -2.37. The molecule has 0 aromatic carbocycles. The Kier molecular flexibility index (Phi) is 6.22. The number of aromatic nitrogens is 2. The van der Waals surface area contributed by atoms with Crippen molar-refractivity contribution in [1.82, 2.24) is 9.55 Å². The molecule has 0 saturated carbocycles. The van der Waals surface area contributed by atoms with E-state index in [0.29, 0.717) is 0 Å². The van der Waals surface area contributed by atoms with Crippen LogP contribution in [0.15, 0.2) is 12.4 Å². The molecule has 0 aliphatic rings. The van der Waals surface area contributed by atoms with Crippen LogP contribution in [0, 0.1) is 0 Å². The molecule has 0 spiro atoms. The molecule has 17 heavy (non-hydrogen) atoms. The van der Waals surface area contributed by atoms with E-state index in [2.05, 4.69) is 11.9 Å². The average molecular weight is 239 g/mol. The summed E-state index contributed by atoms with van der Waals surface area (Å²) in [6.45, 7) is 4.92. The topological polar surface area (TPSA) is 53.1 Å². The Morgan fingerprint density at radius 2 is 2.18 bits per heavy atom. The van der Waals surface area contributed by atoms with Crippen molar-refractivity contribution < 1.29 is 4.74 Å². The third-order valence-corrected chi connectivity index (χ3v) is 3.05. The Labute approximate surface area is 104 Å². The second-order valence-corrected chi connectivity index (χ2v) is 4.44. The molecule has 0 saturated heterocycles. The van der Waals surface area contributed by atoms with E-state index >= 15 is 0 Å². The minimum absolute atomic E-state index is 0.103. The van der Waals surface area contributed by atoms with Crippen molar-refractivity contribution in [1.29, 1.82) is 0 Å². The van der Waals surface area contributed by atoms with Crippen LogP contribution >= 0.6 is 0 Å². The van der Waals surface area contributed by atoms with E-state index in [1.807, 2.05) is 30.9 Å². The fourth-order valence-corrected chi connectivity index (χ4v) is 2.04. The van der Waals surface area contributed by atoms with Gasteiger partial charge in [0.15, 0.2) is 0 Å². The zero-order valence-corrected chi connectivity index (χ0v) is 11.2. The van der Waals surface area contributed by atoms with Crippen LogP contribution in [0.2, 0.25) is 0 Å². The van der Waals surface area contributed by atoms with Gasteiger partial charge in [-0.25, -0.2) is 4.98 Å². The maximum atomic E-state index is 6.19. The van der Waals surface area contributed by atoms with Crippen molar-refractivity contribution in [2.75, 3.05) is 6.61 Å². The molecule has 1 rings (SSSR count). The van der Waals surface area contributed by atoms with Crippen molar-refractivity contribution in [2.24, 2.45) is 12.8 Å². The Balaban J connectivity index is 2.41. The van der Waals surface area contributed by atoms with Crippen molar-refractivity contribution in [3.63, 3.8) is 0 Å². The van der Waals surface area contributed by atoms with Crippen molar-refractivity contribution in [2.45, 2.75) is 51.7 Å². The molecule has 2 N–H and O–H groups in total. The van der Waals surface area contributed by atoms with Gasteiger partial charge in [-0.1, -0.05) is 13.3 Å². The number of nitrogens with zero attached hydrogens (tertiary/aromatic N) is 2. The molecule has 4 heteroatoms. The minimum atomic E-state index is 0.103. The standard InChI is InChI=1S/C13H25N3O/c1-4-6-12(17-5-2)11(14)7-8-13-15-9-10-16(13)3/h9-12H,4-8,14H2,1-3H3. The molecule has 1 heterocycles. The number of imidazole rings is 1. The van der Waals surface area contributed by atoms with Crippen LogP contribution in [0.3, 0.4) is 0 Å². The molecule has 0 fully saturated rings. The van der Waals surface area contributed by atoms with Gasteiger partial charge in [-0.3, -0.25) is 0 Å². The van der Waals surface area contributed by atoms with Gasteiger partial charge >= 0.3 is 0 Å². The summed E-state index contributed by atoms with van der Waals surface area (Å²) in [4.78, 5) is 4.31. The summed E-state index contributed by atoms with van der Waals surface area (Å²) >= 11 is 0. The van der Waals surface area contributed by atoms with Crippen LogP contribution in [-0.4, -0.2) is 28.3 Å². The predicted molar refractivity (Wildman–Crippen MR) is 69.8 cm³/mol. The number of rotatable bonds is 8. The molecule has 4 nitrogen and oxygen atoms in total. The first kappa shape index (κ1) is 14.2. The summed E-state index contributed by atoms with van der Waals surface area (Å²) in [7, 11) is 2.01. The summed E-state index contributed by atoms with van der Waals surface area (Å²) in [5.41, 5.74) is 6.19. The quantitative estimate of drug-likeness (QED) is 0.753. The predicted octanol–water partition coefficient (Wildman–Crippen LogP) is 1.89. The summed E-state index contributed by atoms with van der Waals surface area (Å²) in [5.74, 6) is 1.09. The van der Waals surface area contributed by atoms with Gasteiger partial charge in [-0.15, -0.1) is 0 Å². The highest BCUT2D eigenvalue weighted by molar-refractivity contribution is 4.92. The average Bonchev–Trinajstić information content (AvgIpc) is 2.71. The van der Waals surface area contributed by atoms with Gasteiger partial charge in [0.2, 0.25) is 0 Å². The van der Waals surface area contributed by atoms with Crippen molar-refractivity contribution in [3.05, 3.63) is 18.2 Å². The van der Waals surface area contributed by atoms with Gasteiger partial charge in [0, 0.05) is 38.5 Å². The summed E-state index contributed by atoms with van der Waals surface area (Å²) in [5, 5.41) is 0. The molecule has 2 atom stereocenters. The van der Waals surface area contributed by atoms with Gasteiger partial charge in [0.25, 0.3) is 0 Å². The van der Waals surface area contributed by atoms with E-state index < -0.39 is 0 Å². The SMILES string of the molecule is CCCC(OCC)C(N)CCc1nccn1C. The number of nitrogens with two attached hydrogens (primary N) is 1. The van der Waals surface area contributed by atoms with Crippen LogP contribution in [0.4, 0.5) is 0 Å². The molecule has 0 radical (unpaired) electrons. The van der Waals surface area contributed by atoms with Crippen LogP contribution in [-0.2, 0) is 18.2 Å². The van der Waals surface area contributed by atoms with E-state index in [-0.39, 0.29) is 12.1 Å². The summed E-state index contributed by atoms with van der Waals surface area (Å²) in [6, 6.07) is 0.103. The van der Waals surface area contributed by atoms with Gasteiger partial charge in [-0.05, 0) is 19.8 Å². The molecule has 2 unspecified atom stereocenters. The van der Waals surface area contributed by atoms with E-state index in [0.717, 1.165) is 38.1 Å². The van der Waals surface area contributed by atoms with E-state index in [1.165, 1.54) is 0 Å². The van der Waals surface area contributed by atoms with Crippen LogP contribution in [0.25, 0.3) is 0 Å². The zero-order valence-electron chi connectivity index (χ0n) is 11.2. The van der Waals surface area contributed by atoms with Crippen molar-refractivity contribution >= 4 is 0 Å². The fraction of sp³-hybridized carbons (Fsp3) is 0.769. The maximum absolute atomic E-state index is 6.19. The lowest BCUT2D eigenvalue weighted by Gasteiger charge is -2.23. The molecule has 0 aliphatic heterocycles. The van der Waals surface area contributed by atoms with Crippen LogP contribution < -0.4 is 5.73 Å². The van der Waals surface area contributed by atoms with Gasteiger partial charge < -0.3 is 15.0 Å². The van der Waals surface area contributed by atoms with Crippen LogP contribution in [0.5, 0.6) is 0 Å². The smallest absolute Gasteiger partial charge is 0.108 e. The molecular weight excluding hydrogens is 214 g/mol. The number of ether oxygens (including phenoxy) is 1. The highest BCUT2D eigenvalue weighted by Crippen LogP contribution is 2.11. The molecule has 98 valence electrons. The normalized spacial score (nSPS) is 14.8. The van der Waals surface area contributed by atoms with E-state index in [4.69, 9.17) is 10.5 Å². The second kappa shape index (κ2) is 7.45. The molecule has 1 aromatic rings. The Bertz CT molecular complexity index is 305. The minimum Gasteiger partial charge on any atom is -0.377 e. The lowest BCUT2D eigenvalue weighted by atomic mass is 10.0. The van der Waals surface area contributed by atoms with E-state index in [1.54, 1.807) is 0 Å². The highest BCUT2D eigenvalue weighted by atomic mass is 16.5. The molecule has 1 aromatic heterocycles. The van der Waals surface area contributed by atoms with Gasteiger partial charge in [0.05, 0.1) is 6.10 Å². The first-order chi connectivity index (χ1) is 8.19. The molecular formula is C13H25N3O. The lowest BCUT2D eigenvalue weighted by molar-refractivity contribution is 0.0358. The first-order valence-corrected chi connectivity index (χ1v) is 6.52. The maximum Gasteiger partial charge on any atom is 0.108 e. The Hall–Kier alpha value is -0.870. The number of hydrogen-bond acceptors (Lipinski definition) is 3. The third kappa shape index (κ3) is 4.48.